The van der Waals surface area contributed by atoms with Gasteiger partial charge < -0.3 is 9.80 Å². The number of hydrogen-bond acceptors (Lipinski definition) is 2. The Morgan fingerprint density at radius 1 is 1.36 bits per heavy atom. The first-order valence-electron chi connectivity index (χ1n) is 5.72. The third kappa shape index (κ3) is 1.65. The normalized spacial score (nSPS) is 33.1. The Labute approximate surface area is 86.1 Å². The van der Waals surface area contributed by atoms with Crippen LogP contribution in [-0.4, -0.2) is 47.9 Å². The van der Waals surface area contributed by atoms with Crippen LogP contribution in [0.3, 0.4) is 0 Å². The quantitative estimate of drug-likeness (QED) is 0.623. The van der Waals surface area contributed by atoms with Crippen LogP contribution in [0.2, 0.25) is 0 Å². The molecule has 0 spiro atoms. The van der Waals surface area contributed by atoms with Gasteiger partial charge in [-0.15, -0.1) is 0 Å². The van der Waals surface area contributed by atoms with E-state index in [4.69, 9.17) is 0 Å². The van der Waals surface area contributed by atoms with Crippen LogP contribution in [0.4, 0.5) is 0 Å². The number of fused-ring (bicyclic) bond motifs is 1. The van der Waals surface area contributed by atoms with E-state index in [1.165, 1.54) is 25.9 Å². The molecule has 2 aliphatic rings. The van der Waals surface area contributed by atoms with E-state index in [1.807, 2.05) is 0 Å². The number of hydrogen-bond donors (Lipinski definition) is 0. The van der Waals surface area contributed by atoms with Crippen molar-refractivity contribution in [3.63, 3.8) is 0 Å². The van der Waals surface area contributed by atoms with Crippen molar-refractivity contribution < 1.29 is 4.79 Å². The fourth-order valence-corrected chi connectivity index (χ4v) is 2.94. The molecule has 3 heteroatoms. The molecular formula is C11H20N2O. The Hall–Kier alpha value is -0.570. The second-order valence-corrected chi connectivity index (χ2v) is 4.51. The van der Waals surface area contributed by atoms with Gasteiger partial charge in [0.2, 0.25) is 5.91 Å². The molecule has 80 valence electrons. The van der Waals surface area contributed by atoms with Gasteiger partial charge in [-0.1, -0.05) is 6.92 Å². The standard InChI is InChI=1S/C11H20N2O/c1-3-12-6-5-11-10(8-12)4-7-13(11)9(2)14/h10-11H,3-8H2,1-2H3. The van der Waals surface area contributed by atoms with Crippen LogP contribution >= 0.6 is 0 Å². The summed E-state index contributed by atoms with van der Waals surface area (Å²) in [5.41, 5.74) is 0. The van der Waals surface area contributed by atoms with Gasteiger partial charge in [-0.25, -0.2) is 0 Å². The van der Waals surface area contributed by atoms with Crippen LogP contribution in [0.1, 0.15) is 26.7 Å². The second-order valence-electron chi connectivity index (χ2n) is 4.51. The summed E-state index contributed by atoms with van der Waals surface area (Å²) in [7, 11) is 0. The highest BCUT2D eigenvalue weighted by Gasteiger charge is 2.38. The summed E-state index contributed by atoms with van der Waals surface area (Å²) in [5, 5.41) is 0. The Morgan fingerprint density at radius 3 is 2.79 bits per heavy atom. The number of nitrogens with zero attached hydrogens (tertiary/aromatic N) is 2. The van der Waals surface area contributed by atoms with Gasteiger partial charge >= 0.3 is 0 Å². The molecule has 0 radical (unpaired) electrons. The van der Waals surface area contributed by atoms with Crippen molar-refractivity contribution in [3.8, 4) is 0 Å². The Bertz CT molecular complexity index is 229. The van der Waals surface area contributed by atoms with Crippen molar-refractivity contribution in [2.24, 2.45) is 5.92 Å². The lowest BCUT2D eigenvalue weighted by Crippen LogP contribution is -2.46. The first-order chi connectivity index (χ1) is 6.72. The van der Waals surface area contributed by atoms with Crippen molar-refractivity contribution in [1.82, 2.24) is 9.80 Å². The summed E-state index contributed by atoms with van der Waals surface area (Å²) >= 11 is 0. The number of piperidine rings is 1. The summed E-state index contributed by atoms with van der Waals surface area (Å²) in [4.78, 5) is 16.0. The van der Waals surface area contributed by atoms with Crippen molar-refractivity contribution in [2.45, 2.75) is 32.7 Å². The van der Waals surface area contributed by atoms with Crippen LogP contribution in [0.5, 0.6) is 0 Å². The van der Waals surface area contributed by atoms with E-state index in [-0.39, 0.29) is 5.91 Å². The average molecular weight is 196 g/mol. The maximum Gasteiger partial charge on any atom is 0.219 e. The van der Waals surface area contributed by atoms with Gasteiger partial charge in [0.1, 0.15) is 0 Å². The number of carbonyl (C=O) groups excluding carboxylic acids is 1. The van der Waals surface area contributed by atoms with Gasteiger partial charge in [0.15, 0.2) is 0 Å². The van der Waals surface area contributed by atoms with Crippen molar-refractivity contribution in [3.05, 3.63) is 0 Å². The first-order valence-corrected chi connectivity index (χ1v) is 5.72. The van der Waals surface area contributed by atoms with Gasteiger partial charge in [0, 0.05) is 32.6 Å². The average Bonchev–Trinajstić information content (AvgIpc) is 2.59. The molecule has 0 saturated carbocycles. The largest absolute Gasteiger partial charge is 0.340 e. The molecule has 2 atom stereocenters. The van der Waals surface area contributed by atoms with E-state index in [0.29, 0.717) is 6.04 Å². The predicted octanol–water partition coefficient (Wildman–Crippen LogP) is 0.949. The van der Waals surface area contributed by atoms with Gasteiger partial charge in [-0.05, 0) is 25.3 Å². The minimum atomic E-state index is 0.266. The minimum absolute atomic E-state index is 0.266. The Morgan fingerprint density at radius 2 is 2.14 bits per heavy atom. The fourth-order valence-electron chi connectivity index (χ4n) is 2.94. The molecule has 3 nitrogen and oxygen atoms in total. The molecule has 2 aliphatic heterocycles. The van der Waals surface area contributed by atoms with Crippen molar-refractivity contribution in [1.29, 1.82) is 0 Å². The second kappa shape index (κ2) is 3.89. The molecule has 2 fully saturated rings. The van der Waals surface area contributed by atoms with Gasteiger partial charge in [0.25, 0.3) is 0 Å². The third-order valence-corrected chi connectivity index (χ3v) is 3.77. The monoisotopic (exact) mass is 196 g/mol. The molecule has 0 N–H and O–H groups in total. The molecule has 0 aromatic heterocycles. The molecule has 2 rings (SSSR count). The van der Waals surface area contributed by atoms with E-state index < -0.39 is 0 Å². The summed E-state index contributed by atoms with van der Waals surface area (Å²) < 4.78 is 0. The smallest absolute Gasteiger partial charge is 0.219 e. The minimum Gasteiger partial charge on any atom is -0.340 e. The topological polar surface area (TPSA) is 23.6 Å². The van der Waals surface area contributed by atoms with E-state index in [0.717, 1.165) is 19.0 Å². The SMILES string of the molecule is CCN1CCC2C(CCN2C(C)=O)C1. The summed E-state index contributed by atoms with van der Waals surface area (Å²) in [6, 6.07) is 0.551. The molecule has 1 amide bonds. The molecule has 2 saturated heterocycles. The number of rotatable bonds is 1. The molecule has 0 bridgehead atoms. The lowest BCUT2D eigenvalue weighted by atomic mass is 9.93. The number of amides is 1. The van der Waals surface area contributed by atoms with E-state index in [9.17, 15) is 4.79 Å². The zero-order valence-electron chi connectivity index (χ0n) is 9.20. The summed E-state index contributed by atoms with van der Waals surface area (Å²) in [6.07, 6.45) is 2.39. The van der Waals surface area contributed by atoms with Crippen LogP contribution in [0.15, 0.2) is 0 Å². The van der Waals surface area contributed by atoms with Gasteiger partial charge in [-0.2, -0.15) is 0 Å². The van der Waals surface area contributed by atoms with Crippen molar-refractivity contribution in [2.75, 3.05) is 26.2 Å². The fraction of sp³-hybridized carbons (Fsp3) is 0.909. The molecular weight excluding hydrogens is 176 g/mol. The Balaban J connectivity index is 1.99. The number of likely N-dealkylation sites (tertiary alicyclic amines) is 2. The van der Waals surface area contributed by atoms with Crippen LogP contribution in [-0.2, 0) is 4.79 Å². The molecule has 2 unspecified atom stereocenters. The first kappa shape index (κ1) is 9.97. The molecule has 0 aromatic carbocycles. The highest BCUT2D eigenvalue weighted by atomic mass is 16.2. The summed E-state index contributed by atoms with van der Waals surface area (Å²) in [5.74, 6) is 1.01. The van der Waals surface area contributed by atoms with Crippen LogP contribution in [0.25, 0.3) is 0 Å². The van der Waals surface area contributed by atoms with Gasteiger partial charge in [0.05, 0.1) is 0 Å². The van der Waals surface area contributed by atoms with Gasteiger partial charge in [-0.3, -0.25) is 4.79 Å². The highest BCUT2D eigenvalue weighted by molar-refractivity contribution is 5.74. The van der Waals surface area contributed by atoms with Crippen LogP contribution in [0, 0.1) is 5.92 Å². The maximum atomic E-state index is 11.4. The molecule has 14 heavy (non-hydrogen) atoms. The number of carbonyl (C=O) groups is 1. The highest BCUT2D eigenvalue weighted by Crippen LogP contribution is 2.31. The maximum absolute atomic E-state index is 11.4. The van der Waals surface area contributed by atoms with E-state index in [2.05, 4.69) is 16.7 Å². The Kier molecular flexibility index (Phi) is 2.77. The van der Waals surface area contributed by atoms with E-state index >= 15 is 0 Å². The lowest BCUT2D eigenvalue weighted by molar-refractivity contribution is -0.130. The summed E-state index contributed by atoms with van der Waals surface area (Å²) in [6.45, 7) is 8.44. The third-order valence-electron chi connectivity index (χ3n) is 3.77. The van der Waals surface area contributed by atoms with Crippen molar-refractivity contribution >= 4 is 5.91 Å². The van der Waals surface area contributed by atoms with E-state index in [1.54, 1.807) is 6.92 Å². The molecule has 0 aromatic rings. The zero-order chi connectivity index (χ0) is 10.1. The molecule has 2 heterocycles. The predicted molar refractivity (Wildman–Crippen MR) is 56.0 cm³/mol. The van der Waals surface area contributed by atoms with Crippen LogP contribution < -0.4 is 0 Å². The zero-order valence-corrected chi connectivity index (χ0v) is 9.20. The molecule has 0 aliphatic carbocycles. The lowest BCUT2D eigenvalue weighted by Gasteiger charge is -2.37.